The number of rotatable bonds is 1. The highest BCUT2D eigenvalue weighted by molar-refractivity contribution is 5.87. The largest absolute Gasteiger partial charge is 0.477 e. The molecule has 1 aliphatic rings. The Morgan fingerprint density at radius 1 is 1.35 bits per heavy atom. The second kappa shape index (κ2) is 4.03. The zero-order valence-corrected chi connectivity index (χ0v) is 11.5. The number of hydrogen-bond donors (Lipinski definition) is 1. The summed E-state index contributed by atoms with van der Waals surface area (Å²) in [5.41, 5.74) is 3.80. The molecule has 0 fully saturated rings. The lowest BCUT2D eigenvalue weighted by Gasteiger charge is -2.11. The highest BCUT2D eigenvalue weighted by Gasteiger charge is 2.28. The summed E-state index contributed by atoms with van der Waals surface area (Å²) in [5, 5.41) is 9.06. The first-order chi connectivity index (χ1) is 9.40. The van der Waals surface area contributed by atoms with Crippen molar-refractivity contribution in [3.8, 4) is 11.4 Å². The van der Waals surface area contributed by atoms with Gasteiger partial charge in [0, 0.05) is 23.5 Å². The molecule has 0 radical (unpaired) electrons. The Morgan fingerprint density at radius 3 is 2.70 bits per heavy atom. The SMILES string of the molecule is Cc1cc2c(nc1C)-c1cc(=O)c(C(=O)O)cn1C2C. The molecule has 0 aliphatic carbocycles. The molecule has 1 atom stereocenters. The highest BCUT2D eigenvalue weighted by atomic mass is 16.4. The van der Waals surface area contributed by atoms with Gasteiger partial charge in [-0.2, -0.15) is 0 Å². The number of aryl methyl sites for hydroxylation is 2. The maximum absolute atomic E-state index is 11.9. The summed E-state index contributed by atoms with van der Waals surface area (Å²) in [7, 11) is 0. The third-order valence-electron chi connectivity index (χ3n) is 3.92. The van der Waals surface area contributed by atoms with Gasteiger partial charge >= 0.3 is 5.97 Å². The summed E-state index contributed by atoms with van der Waals surface area (Å²) in [6.07, 6.45) is 1.41. The smallest absolute Gasteiger partial charge is 0.341 e. The normalized spacial score (nSPS) is 15.8. The molecule has 1 aliphatic heterocycles. The number of pyridine rings is 2. The van der Waals surface area contributed by atoms with Gasteiger partial charge in [-0.05, 0) is 32.4 Å². The molecule has 20 heavy (non-hydrogen) atoms. The number of carbonyl (C=O) groups is 1. The van der Waals surface area contributed by atoms with E-state index in [0.717, 1.165) is 22.5 Å². The lowest BCUT2D eigenvalue weighted by molar-refractivity contribution is 0.0694. The quantitative estimate of drug-likeness (QED) is 0.861. The zero-order chi connectivity index (χ0) is 14.6. The number of carboxylic acids is 1. The molecule has 1 unspecified atom stereocenters. The molecule has 102 valence electrons. The Hall–Kier alpha value is -2.43. The Bertz CT molecular complexity index is 805. The molecule has 0 saturated heterocycles. The first-order valence-electron chi connectivity index (χ1n) is 6.38. The lowest BCUT2D eigenvalue weighted by atomic mass is 10.1. The summed E-state index contributed by atoms with van der Waals surface area (Å²) >= 11 is 0. The average molecular weight is 270 g/mol. The molecule has 5 nitrogen and oxygen atoms in total. The molecule has 1 N–H and O–H groups in total. The molecule has 0 aromatic carbocycles. The van der Waals surface area contributed by atoms with Crippen LogP contribution in [0.15, 0.2) is 23.1 Å². The molecular weight excluding hydrogens is 256 g/mol. The fourth-order valence-electron chi connectivity index (χ4n) is 2.62. The number of nitrogens with zero attached hydrogens (tertiary/aromatic N) is 2. The first kappa shape index (κ1) is 12.6. The maximum Gasteiger partial charge on any atom is 0.341 e. The number of carboxylic acid groups (broad SMARTS) is 1. The molecule has 0 spiro atoms. The maximum atomic E-state index is 11.9. The van der Waals surface area contributed by atoms with Crippen molar-refractivity contribution < 1.29 is 9.90 Å². The lowest BCUT2D eigenvalue weighted by Crippen LogP contribution is -2.17. The van der Waals surface area contributed by atoms with Crippen molar-refractivity contribution in [2.24, 2.45) is 0 Å². The van der Waals surface area contributed by atoms with Crippen molar-refractivity contribution in [3.63, 3.8) is 0 Å². The van der Waals surface area contributed by atoms with E-state index in [4.69, 9.17) is 5.11 Å². The molecule has 0 amide bonds. The van der Waals surface area contributed by atoms with Crippen LogP contribution in [0.5, 0.6) is 0 Å². The van der Waals surface area contributed by atoms with Crippen molar-refractivity contribution in [1.82, 2.24) is 9.55 Å². The van der Waals surface area contributed by atoms with Crippen LogP contribution < -0.4 is 5.43 Å². The predicted octanol–water partition coefficient (Wildman–Crippen LogP) is 2.15. The van der Waals surface area contributed by atoms with Crippen molar-refractivity contribution in [3.05, 3.63) is 50.9 Å². The van der Waals surface area contributed by atoms with Crippen molar-refractivity contribution in [1.29, 1.82) is 0 Å². The minimum atomic E-state index is -1.20. The molecule has 0 saturated carbocycles. The number of aromatic nitrogens is 2. The van der Waals surface area contributed by atoms with E-state index < -0.39 is 11.4 Å². The monoisotopic (exact) mass is 270 g/mol. The van der Waals surface area contributed by atoms with Crippen LogP contribution in [0.3, 0.4) is 0 Å². The van der Waals surface area contributed by atoms with Crippen LogP contribution in [0.25, 0.3) is 11.4 Å². The molecule has 2 aromatic rings. The minimum absolute atomic E-state index is 0.0227. The predicted molar refractivity (Wildman–Crippen MR) is 74.2 cm³/mol. The van der Waals surface area contributed by atoms with E-state index in [-0.39, 0.29) is 11.6 Å². The third kappa shape index (κ3) is 1.59. The summed E-state index contributed by atoms with van der Waals surface area (Å²) in [6, 6.07) is 3.40. The van der Waals surface area contributed by atoms with Crippen LogP contribution in [0.1, 0.15) is 40.1 Å². The Kier molecular flexibility index (Phi) is 2.54. The minimum Gasteiger partial charge on any atom is -0.477 e. The fourth-order valence-corrected chi connectivity index (χ4v) is 2.62. The van der Waals surface area contributed by atoms with Crippen molar-refractivity contribution in [2.45, 2.75) is 26.8 Å². The molecular formula is C15H14N2O3. The molecule has 0 bridgehead atoms. The van der Waals surface area contributed by atoms with Gasteiger partial charge in [0.1, 0.15) is 5.56 Å². The number of hydrogen-bond acceptors (Lipinski definition) is 3. The van der Waals surface area contributed by atoms with E-state index in [1.54, 1.807) is 4.57 Å². The average Bonchev–Trinajstić information content (AvgIpc) is 2.63. The summed E-state index contributed by atoms with van der Waals surface area (Å²) in [4.78, 5) is 27.5. The number of fused-ring (bicyclic) bond motifs is 3. The second-order valence-corrected chi connectivity index (χ2v) is 5.15. The van der Waals surface area contributed by atoms with Crippen LogP contribution in [-0.2, 0) is 0 Å². The Morgan fingerprint density at radius 2 is 2.05 bits per heavy atom. The van der Waals surface area contributed by atoms with Crippen molar-refractivity contribution in [2.75, 3.05) is 0 Å². The van der Waals surface area contributed by atoms with E-state index in [0.29, 0.717) is 5.69 Å². The first-order valence-corrected chi connectivity index (χ1v) is 6.38. The van der Waals surface area contributed by atoms with Gasteiger partial charge in [0.2, 0.25) is 0 Å². The van der Waals surface area contributed by atoms with Gasteiger partial charge in [-0.25, -0.2) is 4.79 Å². The van der Waals surface area contributed by atoms with E-state index in [1.165, 1.54) is 12.3 Å². The molecule has 5 heteroatoms. The van der Waals surface area contributed by atoms with E-state index in [1.807, 2.05) is 20.8 Å². The van der Waals surface area contributed by atoms with Crippen LogP contribution in [0, 0.1) is 13.8 Å². The van der Waals surface area contributed by atoms with Gasteiger partial charge in [-0.1, -0.05) is 0 Å². The summed E-state index contributed by atoms with van der Waals surface area (Å²) < 4.78 is 1.81. The third-order valence-corrected chi connectivity index (χ3v) is 3.92. The standard InChI is InChI=1S/C15H14N2O3/c1-7-4-10-9(3)17-6-11(15(19)20)13(18)5-12(17)14(10)16-8(7)2/h4-6,9H,1-3H3,(H,19,20). The van der Waals surface area contributed by atoms with E-state index >= 15 is 0 Å². The fraction of sp³-hybridized carbons (Fsp3) is 0.267. The Balaban J connectivity index is 2.32. The van der Waals surface area contributed by atoms with E-state index in [9.17, 15) is 9.59 Å². The second-order valence-electron chi connectivity index (χ2n) is 5.15. The van der Waals surface area contributed by atoms with Crippen molar-refractivity contribution >= 4 is 5.97 Å². The van der Waals surface area contributed by atoms with Crippen LogP contribution in [0.2, 0.25) is 0 Å². The molecule has 3 heterocycles. The van der Waals surface area contributed by atoms with Gasteiger partial charge in [0.05, 0.1) is 17.4 Å². The van der Waals surface area contributed by atoms with E-state index in [2.05, 4.69) is 11.1 Å². The van der Waals surface area contributed by atoms with Gasteiger partial charge in [0.25, 0.3) is 0 Å². The van der Waals surface area contributed by atoms with Crippen LogP contribution in [-0.4, -0.2) is 20.6 Å². The van der Waals surface area contributed by atoms with Gasteiger partial charge in [0.15, 0.2) is 5.43 Å². The van der Waals surface area contributed by atoms with Gasteiger partial charge in [-0.15, -0.1) is 0 Å². The topological polar surface area (TPSA) is 72.2 Å². The molecule has 2 aromatic heterocycles. The zero-order valence-electron chi connectivity index (χ0n) is 11.5. The molecule has 3 rings (SSSR count). The highest BCUT2D eigenvalue weighted by Crippen LogP contribution is 2.38. The van der Waals surface area contributed by atoms with Gasteiger partial charge in [-0.3, -0.25) is 9.78 Å². The Labute approximate surface area is 115 Å². The number of aromatic carboxylic acids is 1. The summed E-state index contributed by atoms with van der Waals surface area (Å²) in [5.74, 6) is -1.20. The van der Waals surface area contributed by atoms with Gasteiger partial charge < -0.3 is 9.67 Å². The summed E-state index contributed by atoms with van der Waals surface area (Å²) in [6.45, 7) is 5.89. The van der Waals surface area contributed by atoms with Crippen LogP contribution >= 0.6 is 0 Å². The van der Waals surface area contributed by atoms with Crippen LogP contribution in [0.4, 0.5) is 0 Å².